The van der Waals surface area contributed by atoms with Gasteiger partial charge in [-0.25, -0.2) is 0 Å². The molecule has 0 bridgehead atoms. The minimum atomic E-state index is 0.721. The van der Waals surface area contributed by atoms with Crippen molar-refractivity contribution in [1.29, 1.82) is 0 Å². The Labute approximate surface area is 144 Å². The molecule has 0 spiro atoms. The minimum absolute atomic E-state index is 0.721. The van der Waals surface area contributed by atoms with Crippen LogP contribution in [0.1, 0.15) is 16.7 Å². The Bertz CT molecular complexity index is 829. The van der Waals surface area contributed by atoms with E-state index < -0.39 is 0 Å². The Kier molecular flexibility index (Phi) is 5.10. The van der Waals surface area contributed by atoms with E-state index in [0.29, 0.717) is 0 Å². The standard InChI is InChI=1S/C17H15ClN4S/c1-13-5-4-6-14(9-13)10-20-22-12-19-21-17(22)23-11-15-7-2-3-8-16(15)18/h2-10,12H,11H2,1H3/b20-10+. The molecule has 0 saturated carbocycles. The van der Waals surface area contributed by atoms with Crippen molar-refractivity contribution in [1.82, 2.24) is 14.9 Å². The molecule has 0 aliphatic rings. The zero-order valence-electron chi connectivity index (χ0n) is 12.6. The van der Waals surface area contributed by atoms with Crippen molar-refractivity contribution >= 4 is 29.6 Å². The van der Waals surface area contributed by atoms with Gasteiger partial charge in [0.25, 0.3) is 0 Å². The van der Waals surface area contributed by atoms with Gasteiger partial charge in [0.1, 0.15) is 6.33 Å². The van der Waals surface area contributed by atoms with Crippen LogP contribution in [0.15, 0.2) is 65.1 Å². The molecule has 0 fully saturated rings. The van der Waals surface area contributed by atoms with Crippen molar-refractivity contribution in [3.63, 3.8) is 0 Å². The maximum Gasteiger partial charge on any atom is 0.212 e. The monoisotopic (exact) mass is 342 g/mol. The summed E-state index contributed by atoms with van der Waals surface area (Å²) in [6, 6.07) is 15.9. The molecule has 116 valence electrons. The average Bonchev–Trinajstić information content (AvgIpc) is 3.00. The van der Waals surface area contributed by atoms with E-state index in [1.54, 1.807) is 29.0 Å². The van der Waals surface area contributed by atoms with Crippen molar-refractivity contribution in [3.05, 3.63) is 76.6 Å². The summed E-state index contributed by atoms with van der Waals surface area (Å²) >= 11 is 7.72. The topological polar surface area (TPSA) is 43.1 Å². The Hall–Kier alpha value is -2.11. The summed E-state index contributed by atoms with van der Waals surface area (Å²) in [6.45, 7) is 2.06. The van der Waals surface area contributed by atoms with Crippen LogP contribution in [-0.4, -0.2) is 21.1 Å². The predicted octanol–water partition coefficient (Wildman–Crippen LogP) is 4.41. The van der Waals surface area contributed by atoms with E-state index in [-0.39, 0.29) is 0 Å². The van der Waals surface area contributed by atoms with Gasteiger partial charge in [0, 0.05) is 10.8 Å². The second-order valence-electron chi connectivity index (χ2n) is 5.00. The molecule has 0 amide bonds. The number of hydrogen-bond donors (Lipinski definition) is 0. The van der Waals surface area contributed by atoms with E-state index in [2.05, 4.69) is 34.4 Å². The van der Waals surface area contributed by atoms with Crippen molar-refractivity contribution < 1.29 is 0 Å². The number of aryl methyl sites for hydroxylation is 1. The normalized spacial score (nSPS) is 11.2. The first-order chi connectivity index (χ1) is 11.2. The van der Waals surface area contributed by atoms with Gasteiger partial charge in [0.15, 0.2) is 0 Å². The number of rotatable bonds is 5. The molecular formula is C17H15ClN4S. The highest BCUT2D eigenvalue weighted by Gasteiger charge is 2.06. The lowest BCUT2D eigenvalue weighted by Crippen LogP contribution is -1.93. The number of benzene rings is 2. The lowest BCUT2D eigenvalue weighted by Gasteiger charge is -2.03. The van der Waals surface area contributed by atoms with Gasteiger partial charge in [-0.3, -0.25) is 0 Å². The molecule has 0 atom stereocenters. The SMILES string of the molecule is Cc1cccc(/C=N/n2cnnc2SCc2ccccc2Cl)c1. The van der Waals surface area contributed by atoms with Crippen LogP contribution in [0.25, 0.3) is 0 Å². The fraction of sp³-hybridized carbons (Fsp3) is 0.118. The first-order valence-electron chi connectivity index (χ1n) is 7.09. The third-order valence-electron chi connectivity index (χ3n) is 3.19. The molecule has 0 unspecified atom stereocenters. The van der Waals surface area contributed by atoms with E-state index in [9.17, 15) is 0 Å². The molecule has 1 aromatic heterocycles. The van der Waals surface area contributed by atoms with Gasteiger partial charge >= 0.3 is 0 Å². The Morgan fingerprint density at radius 2 is 2.09 bits per heavy atom. The van der Waals surface area contributed by atoms with E-state index in [1.165, 1.54) is 5.56 Å². The minimum Gasteiger partial charge on any atom is -0.195 e. The smallest absolute Gasteiger partial charge is 0.195 e. The van der Waals surface area contributed by atoms with Crippen LogP contribution < -0.4 is 0 Å². The maximum atomic E-state index is 6.17. The molecule has 0 N–H and O–H groups in total. The number of halogens is 1. The Balaban J connectivity index is 1.71. The van der Waals surface area contributed by atoms with Crippen molar-refractivity contribution in [2.24, 2.45) is 5.10 Å². The number of nitrogens with zero attached hydrogens (tertiary/aromatic N) is 4. The molecular weight excluding hydrogens is 328 g/mol. The quantitative estimate of drug-likeness (QED) is 0.509. The molecule has 6 heteroatoms. The summed E-state index contributed by atoms with van der Waals surface area (Å²) < 4.78 is 1.67. The summed E-state index contributed by atoms with van der Waals surface area (Å²) in [4.78, 5) is 0. The van der Waals surface area contributed by atoms with Gasteiger partial charge in [-0.1, -0.05) is 71.4 Å². The van der Waals surface area contributed by atoms with E-state index in [1.807, 2.05) is 36.4 Å². The van der Waals surface area contributed by atoms with Crippen LogP contribution in [0.2, 0.25) is 5.02 Å². The van der Waals surface area contributed by atoms with Gasteiger partial charge in [0.2, 0.25) is 5.16 Å². The highest BCUT2D eigenvalue weighted by atomic mass is 35.5. The number of hydrogen-bond acceptors (Lipinski definition) is 4. The predicted molar refractivity (Wildman–Crippen MR) is 95.2 cm³/mol. The summed E-state index contributed by atoms with van der Waals surface area (Å²) in [5.41, 5.74) is 3.31. The van der Waals surface area contributed by atoms with Crippen LogP contribution in [0.3, 0.4) is 0 Å². The maximum absolute atomic E-state index is 6.17. The number of aromatic nitrogens is 3. The van der Waals surface area contributed by atoms with Crippen molar-refractivity contribution in [2.75, 3.05) is 0 Å². The molecule has 3 rings (SSSR count). The highest BCUT2D eigenvalue weighted by molar-refractivity contribution is 7.98. The second-order valence-corrected chi connectivity index (χ2v) is 6.35. The van der Waals surface area contributed by atoms with Gasteiger partial charge < -0.3 is 0 Å². The summed E-state index contributed by atoms with van der Waals surface area (Å²) in [5.74, 6) is 0.721. The zero-order chi connectivity index (χ0) is 16.1. The van der Waals surface area contributed by atoms with E-state index in [0.717, 1.165) is 27.1 Å². The van der Waals surface area contributed by atoms with Crippen LogP contribution in [0.5, 0.6) is 0 Å². The van der Waals surface area contributed by atoms with Gasteiger partial charge in [-0.2, -0.15) is 9.78 Å². The fourth-order valence-corrected chi connectivity index (χ4v) is 3.18. The van der Waals surface area contributed by atoms with Crippen molar-refractivity contribution in [3.8, 4) is 0 Å². The third-order valence-corrected chi connectivity index (χ3v) is 4.54. The fourth-order valence-electron chi connectivity index (χ4n) is 2.03. The molecule has 0 radical (unpaired) electrons. The van der Waals surface area contributed by atoms with E-state index in [4.69, 9.17) is 11.6 Å². The molecule has 4 nitrogen and oxygen atoms in total. The average molecular weight is 343 g/mol. The molecule has 3 aromatic rings. The molecule has 0 aliphatic carbocycles. The van der Waals surface area contributed by atoms with Crippen molar-refractivity contribution in [2.45, 2.75) is 17.8 Å². The zero-order valence-corrected chi connectivity index (χ0v) is 14.1. The summed E-state index contributed by atoms with van der Waals surface area (Å²) in [6.07, 6.45) is 3.40. The Morgan fingerprint density at radius 1 is 1.22 bits per heavy atom. The van der Waals surface area contributed by atoms with E-state index >= 15 is 0 Å². The summed E-state index contributed by atoms with van der Waals surface area (Å²) in [7, 11) is 0. The molecule has 0 aliphatic heterocycles. The largest absolute Gasteiger partial charge is 0.212 e. The first kappa shape index (κ1) is 15.8. The van der Waals surface area contributed by atoms with Crippen LogP contribution in [0.4, 0.5) is 0 Å². The van der Waals surface area contributed by atoms with Gasteiger partial charge in [0.05, 0.1) is 6.21 Å². The highest BCUT2D eigenvalue weighted by Crippen LogP contribution is 2.25. The first-order valence-corrected chi connectivity index (χ1v) is 8.46. The van der Waals surface area contributed by atoms with Gasteiger partial charge in [-0.15, -0.1) is 10.2 Å². The lowest BCUT2D eigenvalue weighted by molar-refractivity contribution is 0.767. The third kappa shape index (κ3) is 4.21. The number of thioether (sulfide) groups is 1. The van der Waals surface area contributed by atoms with Crippen LogP contribution in [0, 0.1) is 6.92 Å². The Morgan fingerprint density at radius 3 is 2.91 bits per heavy atom. The van der Waals surface area contributed by atoms with Crippen LogP contribution in [-0.2, 0) is 5.75 Å². The second kappa shape index (κ2) is 7.44. The molecule has 2 aromatic carbocycles. The molecule has 0 saturated heterocycles. The molecule has 1 heterocycles. The lowest BCUT2D eigenvalue weighted by atomic mass is 10.2. The summed E-state index contributed by atoms with van der Waals surface area (Å²) in [5, 5.41) is 14.0. The molecule has 23 heavy (non-hydrogen) atoms. The van der Waals surface area contributed by atoms with Gasteiger partial charge in [-0.05, 0) is 24.1 Å². The van der Waals surface area contributed by atoms with Crippen LogP contribution >= 0.6 is 23.4 Å².